The summed E-state index contributed by atoms with van der Waals surface area (Å²) in [7, 11) is -1.98. The van der Waals surface area contributed by atoms with Gasteiger partial charge in [0.05, 0.1) is 17.3 Å². The molecule has 154 valence electrons. The van der Waals surface area contributed by atoms with Crippen molar-refractivity contribution in [3.8, 4) is 5.75 Å². The molecule has 8 heteroatoms. The molecule has 29 heavy (non-hydrogen) atoms. The summed E-state index contributed by atoms with van der Waals surface area (Å²) in [4.78, 5) is 14.1. The predicted molar refractivity (Wildman–Crippen MR) is 113 cm³/mol. The van der Waals surface area contributed by atoms with E-state index in [1.54, 1.807) is 43.1 Å². The highest BCUT2D eigenvalue weighted by molar-refractivity contribution is 8.01. The molecule has 2 aliphatic heterocycles. The number of sulfonamides is 1. The molecule has 0 spiro atoms. The molecule has 6 nitrogen and oxygen atoms in total. The van der Waals surface area contributed by atoms with Gasteiger partial charge in [-0.05, 0) is 55.2 Å². The normalized spacial score (nSPS) is 20.2. The van der Waals surface area contributed by atoms with Gasteiger partial charge in [0, 0.05) is 24.0 Å². The minimum absolute atomic E-state index is 0.00845. The number of hydrogen-bond acceptors (Lipinski definition) is 5. The fourth-order valence-corrected chi connectivity index (χ4v) is 6.43. The van der Waals surface area contributed by atoms with Crippen LogP contribution in [0.4, 0.5) is 0 Å². The lowest BCUT2D eigenvalue weighted by molar-refractivity contribution is -0.121. The number of piperidine rings is 1. The Kier molecular flexibility index (Phi) is 5.85. The van der Waals surface area contributed by atoms with Crippen LogP contribution in [0.2, 0.25) is 0 Å². The second-order valence-corrected chi connectivity index (χ2v) is 10.5. The van der Waals surface area contributed by atoms with E-state index in [0.717, 1.165) is 6.42 Å². The van der Waals surface area contributed by atoms with Crippen LogP contribution in [0.5, 0.6) is 5.75 Å². The van der Waals surface area contributed by atoms with Crippen molar-refractivity contribution < 1.29 is 17.9 Å². The lowest BCUT2D eigenvalue weighted by Gasteiger charge is -2.32. The van der Waals surface area contributed by atoms with E-state index in [1.807, 2.05) is 12.1 Å². The summed E-state index contributed by atoms with van der Waals surface area (Å²) in [6, 6.07) is 14.6. The molecule has 0 aliphatic carbocycles. The fraction of sp³-hybridized carbons (Fsp3) is 0.381. The van der Waals surface area contributed by atoms with Gasteiger partial charge in [0.1, 0.15) is 5.75 Å². The average molecular weight is 433 g/mol. The molecule has 0 aromatic heterocycles. The van der Waals surface area contributed by atoms with Crippen LogP contribution in [0, 0.1) is 0 Å². The number of carbonyl (C=O) groups excluding carboxylic acids is 1. The molecule has 1 N–H and O–H groups in total. The minimum Gasteiger partial charge on any atom is -0.497 e. The number of nitrogens with zero attached hydrogens (tertiary/aromatic N) is 1. The standard InChI is InChI=1S/C21H24N2O4S2/c1-27-17-6-8-18(9-7-17)29(25,26)23-12-10-16(11-13-23)22-21(24)20-14-15-4-2-3-5-19(15)28-20/h2-9,16,20H,10-14H2,1H3,(H,22,24)/t20-/m1/s1. The Labute approximate surface area is 175 Å². The summed E-state index contributed by atoms with van der Waals surface area (Å²) in [6.45, 7) is 0.800. The van der Waals surface area contributed by atoms with Gasteiger partial charge in [-0.2, -0.15) is 4.31 Å². The first-order valence-electron chi connectivity index (χ1n) is 9.66. The quantitative estimate of drug-likeness (QED) is 0.786. The van der Waals surface area contributed by atoms with E-state index in [0.29, 0.717) is 31.7 Å². The Morgan fingerprint density at radius 3 is 2.45 bits per heavy atom. The zero-order chi connectivity index (χ0) is 20.4. The molecule has 0 saturated carbocycles. The zero-order valence-corrected chi connectivity index (χ0v) is 17.8. The van der Waals surface area contributed by atoms with Crippen molar-refractivity contribution in [2.45, 2.75) is 40.3 Å². The van der Waals surface area contributed by atoms with Gasteiger partial charge in [0.25, 0.3) is 0 Å². The average Bonchev–Trinajstić information content (AvgIpc) is 3.19. The van der Waals surface area contributed by atoms with Gasteiger partial charge < -0.3 is 10.1 Å². The number of benzene rings is 2. The molecule has 1 saturated heterocycles. The first kappa shape index (κ1) is 20.3. The Hall–Kier alpha value is -2.03. The highest BCUT2D eigenvalue weighted by atomic mass is 32.2. The summed E-state index contributed by atoms with van der Waals surface area (Å²) >= 11 is 1.61. The second-order valence-electron chi connectivity index (χ2n) is 7.28. The van der Waals surface area contributed by atoms with Crippen LogP contribution in [0.15, 0.2) is 58.3 Å². The SMILES string of the molecule is COc1ccc(S(=O)(=O)N2CCC(NC(=O)[C@H]3Cc4ccccc4S3)CC2)cc1. The Bertz CT molecular complexity index is 959. The molecule has 1 amide bonds. The largest absolute Gasteiger partial charge is 0.497 e. The highest BCUT2D eigenvalue weighted by Gasteiger charge is 2.33. The molecule has 4 rings (SSSR count). The number of ether oxygens (including phenoxy) is 1. The van der Waals surface area contributed by atoms with Crippen molar-refractivity contribution in [3.63, 3.8) is 0 Å². The van der Waals surface area contributed by atoms with Crippen molar-refractivity contribution in [3.05, 3.63) is 54.1 Å². The number of methoxy groups -OCH3 is 1. The Morgan fingerprint density at radius 1 is 1.10 bits per heavy atom. The van der Waals surface area contributed by atoms with Crippen LogP contribution < -0.4 is 10.1 Å². The number of fused-ring (bicyclic) bond motifs is 1. The molecule has 2 aliphatic rings. The molecular formula is C21H24N2O4S2. The van der Waals surface area contributed by atoms with Crippen LogP contribution in [0.1, 0.15) is 18.4 Å². The third-order valence-electron chi connectivity index (χ3n) is 5.44. The van der Waals surface area contributed by atoms with Crippen molar-refractivity contribution >= 4 is 27.7 Å². The molecular weight excluding hydrogens is 408 g/mol. The number of amides is 1. The summed E-state index contributed by atoms with van der Waals surface area (Å²) in [5.74, 6) is 0.667. The van der Waals surface area contributed by atoms with E-state index >= 15 is 0 Å². The van der Waals surface area contributed by atoms with Crippen molar-refractivity contribution in [1.82, 2.24) is 9.62 Å². The van der Waals surface area contributed by atoms with Gasteiger partial charge in [0.15, 0.2) is 0 Å². The van der Waals surface area contributed by atoms with E-state index in [-0.39, 0.29) is 22.1 Å². The van der Waals surface area contributed by atoms with E-state index in [1.165, 1.54) is 14.8 Å². The topological polar surface area (TPSA) is 75.7 Å². The van der Waals surface area contributed by atoms with E-state index in [4.69, 9.17) is 4.74 Å². The molecule has 2 aromatic carbocycles. The van der Waals surface area contributed by atoms with Crippen LogP contribution in [0.3, 0.4) is 0 Å². The third-order valence-corrected chi connectivity index (χ3v) is 8.67. The van der Waals surface area contributed by atoms with E-state index in [9.17, 15) is 13.2 Å². The Morgan fingerprint density at radius 2 is 1.79 bits per heavy atom. The van der Waals surface area contributed by atoms with Crippen LogP contribution in [-0.2, 0) is 21.2 Å². The maximum Gasteiger partial charge on any atom is 0.243 e. The van der Waals surface area contributed by atoms with Gasteiger partial charge in [0.2, 0.25) is 15.9 Å². The molecule has 2 aromatic rings. The summed E-state index contributed by atoms with van der Waals surface area (Å²) in [5, 5.41) is 3.02. The van der Waals surface area contributed by atoms with Crippen molar-refractivity contribution in [2.24, 2.45) is 0 Å². The predicted octanol–water partition coefficient (Wildman–Crippen LogP) is 2.68. The highest BCUT2D eigenvalue weighted by Crippen LogP contribution is 2.37. The number of hydrogen-bond donors (Lipinski definition) is 1. The van der Waals surface area contributed by atoms with Gasteiger partial charge >= 0.3 is 0 Å². The maximum absolute atomic E-state index is 12.8. The zero-order valence-electron chi connectivity index (χ0n) is 16.2. The first-order chi connectivity index (χ1) is 14.0. The summed E-state index contributed by atoms with van der Waals surface area (Å²) < 4.78 is 32.3. The molecule has 0 unspecified atom stereocenters. The maximum atomic E-state index is 12.8. The van der Waals surface area contributed by atoms with Gasteiger partial charge in [-0.3, -0.25) is 4.79 Å². The fourth-order valence-electron chi connectivity index (χ4n) is 3.76. The van der Waals surface area contributed by atoms with E-state index < -0.39 is 10.0 Å². The van der Waals surface area contributed by atoms with Crippen molar-refractivity contribution in [1.29, 1.82) is 0 Å². The molecule has 0 radical (unpaired) electrons. The summed E-state index contributed by atoms with van der Waals surface area (Å²) in [6.07, 6.45) is 1.98. The van der Waals surface area contributed by atoms with Crippen LogP contribution in [-0.4, -0.2) is 50.1 Å². The third kappa shape index (κ3) is 4.29. The number of carbonyl (C=O) groups is 1. The second kappa shape index (κ2) is 8.38. The molecule has 0 bridgehead atoms. The van der Waals surface area contributed by atoms with Gasteiger partial charge in [-0.1, -0.05) is 18.2 Å². The molecule has 2 heterocycles. The van der Waals surface area contributed by atoms with Gasteiger partial charge in [-0.15, -0.1) is 11.8 Å². The summed E-state index contributed by atoms with van der Waals surface area (Å²) in [5.41, 5.74) is 1.22. The van der Waals surface area contributed by atoms with Gasteiger partial charge in [-0.25, -0.2) is 8.42 Å². The number of rotatable bonds is 5. The van der Waals surface area contributed by atoms with Crippen molar-refractivity contribution in [2.75, 3.05) is 20.2 Å². The van der Waals surface area contributed by atoms with E-state index in [2.05, 4.69) is 17.4 Å². The lowest BCUT2D eigenvalue weighted by atomic mass is 10.1. The Balaban J connectivity index is 1.32. The number of nitrogens with one attached hydrogen (secondary N) is 1. The van der Waals surface area contributed by atoms with Crippen LogP contribution in [0.25, 0.3) is 0 Å². The smallest absolute Gasteiger partial charge is 0.243 e. The monoisotopic (exact) mass is 432 g/mol. The lowest BCUT2D eigenvalue weighted by Crippen LogP contribution is -2.48. The van der Waals surface area contributed by atoms with Crippen LogP contribution >= 0.6 is 11.8 Å². The number of thioether (sulfide) groups is 1. The molecule has 1 atom stereocenters. The first-order valence-corrected chi connectivity index (χ1v) is 12.0. The molecule has 1 fully saturated rings. The minimum atomic E-state index is -3.53.